The fourth-order valence-corrected chi connectivity index (χ4v) is 3.88. The van der Waals surface area contributed by atoms with Crippen molar-refractivity contribution in [2.45, 2.75) is 25.7 Å². The molecule has 1 aliphatic rings. The van der Waals surface area contributed by atoms with E-state index in [0.29, 0.717) is 30.1 Å². The molecule has 2 amide bonds. The van der Waals surface area contributed by atoms with Crippen LogP contribution in [0.4, 0.5) is 11.4 Å². The Morgan fingerprint density at radius 3 is 2.42 bits per heavy atom. The lowest BCUT2D eigenvalue weighted by atomic mass is 10.0. The lowest BCUT2D eigenvalue weighted by molar-refractivity contribution is -0.119. The lowest BCUT2D eigenvalue weighted by Gasteiger charge is -2.28. The molecule has 1 saturated heterocycles. The highest BCUT2D eigenvalue weighted by Crippen LogP contribution is 2.33. The third kappa shape index (κ3) is 4.94. The average Bonchev–Trinajstić information content (AvgIpc) is 2.80. The maximum atomic E-state index is 12.6. The Balaban J connectivity index is 1.45. The monoisotopic (exact) mass is 414 g/mol. The van der Waals surface area contributed by atoms with Crippen molar-refractivity contribution in [1.82, 2.24) is 0 Å². The van der Waals surface area contributed by atoms with Gasteiger partial charge in [-0.25, -0.2) is 0 Å². The molecule has 4 rings (SSSR count). The maximum Gasteiger partial charge on any atom is 0.228 e. The molecular formula is C26H26N2O3. The first-order valence-corrected chi connectivity index (χ1v) is 10.6. The van der Waals surface area contributed by atoms with Crippen LogP contribution in [0.25, 0.3) is 11.1 Å². The number of hydrogen-bond acceptors (Lipinski definition) is 3. The lowest BCUT2D eigenvalue weighted by Crippen LogP contribution is -2.35. The normalized spacial score (nSPS) is 13.7. The summed E-state index contributed by atoms with van der Waals surface area (Å²) in [6.07, 6.45) is 2.69. The number of hydrogen-bond donors (Lipinski definition) is 1. The first kappa shape index (κ1) is 20.7. The summed E-state index contributed by atoms with van der Waals surface area (Å²) in [5.41, 5.74) is 4.57. The van der Waals surface area contributed by atoms with Gasteiger partial charge in [0.25, 0.3) is 0 Å². The van der Waals surface area contributed by atoms with Gasteiger partial charge in [0.05, 0.1) is 19.2 Å². The van der Waals surface area contributed by atoms with Gasteiger partial charge in [-0.2, -0.15) is 0 Å². The molecule has 1 fully saturated rings. The number of nitrogens with one attached hydrogen (secondary N) is 1. The van der Waals surface area contributed by atoms with Crippen LogP contribution in [0.15, 0.2) is 72.8 Å². The molecule has 5 nitrogen and oxygen atoms in total. The largest absolute Gasteiger partial charge is 0.495 e. The Kier molecular flexibility index (Phi) is 6.32. The maximum absolute atomic E-state index is 12.6. The zero-order valence-corrected chi connectivity index (χ0v) is 17.6. The summed E-state index contributed by atoms with van der Waals surface area (Å²) in [7, 11) is 1.59. The van der Waals surface area contributed by atoms with E-state index in [9.17, 15) is 9.59 Å². The molecular weight excluding hydrogens is 388 g/mol. The zero-order chi connectivity index (χ0) is 21.6. The van der Waals surface area contributed by atoms with E-state index in [2.05, 4.69) is 17.4 Å². The molecule has 0 spiro atoms. The minimum atomic E-state index is -0.103. The van der Waals surface area contributed by atoms with Crippen molar-refractivity contribution in [3.63, 3.8) is 0 Å². The number of amides is 2. The highest BCUT2D eigenvalue weighted by atomic mass is 16.5. The van der Waals surface area contributed by atoms with Gasteiger partial charge in [-0.05, 0) is 47.7 Å². The standard InChI is InChI=1S/C26H26N2O3/c1-31-24-15-14-22(18-23(24)28-16-6-5-9-26(28)30)27-25(29)17-19-10-12-21(13-11-19)20-7-3-2-4-8-20/h2-4,7-8,10-15,18H,5-6,9,16-17H2,1H3,(H,27,29). The SMILES string of the molecule is COc1ccc(NC(=O)Cc2ccc(-c3ccccc3)cc2)cc1N1CCCCC1=O. The smallest absolute Gasteiger partial charge is 0.228 e. The van der Waals surface area contributed by atoms with Crippen molar-refractivity contribution in [2.24, 2.45) is 0 Å². The fourth-order valence-electron chi connectivity index (χ4n) is 3.88. The molecule has 0 atom stereocenters. The van der Waals surface area contributed by atoms with E-state index in [1.807, 2.05) is 48.5 Å². The van der Waals surface area contributed by atoms with Crippen LogP contribution in [-0.2, 0) is 16.0 Å². The van der Waals surface area contributed by atoms with Crippen molar-refractivity contribution in [3.05, 3.63) is 78.4 Å². The summed E-state index contributed by atoms with van der Waals surface area (Å²) < 4.78 is 5.44. The van der Waals surface area contributed by atoms with Crippen molar-refractivity contribution in [3.8, 4) is 16.9 Å². The Morgan fingerprint density at radius 1 is 0.968 bits per heavy atom. The highest BCUT2D eigenvalue weighted by Gasteiger charge is 2.23. The number of rotatable bonds is 6. The van der Waals surface area contributed by atoms with Crippen LogP contribution in [0.2, 0.25) is 0 Å². The molecule has 1 N–H and O–H groups in total. The predicted octanol–water partition coefficient (Wildman–Crippen LogP) is 5.06. The van der Waals surface area contributed by atoms with Crippen LogP contribution in [0.3, 0.4) is 0 Å². The van der Waals surface area contributed by atoms with Crippen LogP contribution in [-0.4, -0.2) is 25.5 Å². The molecule has 0 bridgehead atoms. The van der Waals surface area contributed by atoms with Crippen LogP contribution in [0, 0.1) is 0 Å². The molecule has 5 heteroatoms. The van der Waals surface area contributed by atoms with Crippen molar-refractivity contribution in [1.29, 1.82) is 0 Å². The fraction of sp³-hybridized carbons (Fsp3) is 0.231. The summed E-state index contributed by atoms with van der Waals surface area (Å²) in [5.74, 6) is 0.616. The van der Waals surface area contributed by atoms with Gasteiger partial charge in [0.15, 0.2) is 0 Å². The summed E-state index contributed by atoms with van der Waals surface area (Å²) >= 11 is 0. The summed E-state index contributed by atoms with van der Waals surface area (Å²) in [4.78, 5) is 26.7. The van der Waals surface area contributed by atoms with Gasteiger partial charge in [0.1, 0.15) is 5.75 Å². The number of nitrogens with zero attached hydrogens (tertiary/aromatic N) is 1. The van der Waals surface area contributed by atoms with E-state index in [0.717, 1.165) is 29.5 Å². The minimum Gasteiger partial charge on any atom is -0.495 e. The van der Waals surface area contributed by atoms with Crippen molar-refractivity contribution in [2.75, 3.05) is 23.9 Å². The molecule has 0 aliphatic carbocycles. The van der Waals surface area contributed by atoms with Crippen LogP contribution < -0.4 is 15.0 Å². The Bertz CT molecular complexity index is 1060. The van der Waals surface area contributed by atoms with Gasteiger partial charge in [-0.3, -0.25) is 9.59 Å². The van der Waals surface area contributed by atoms with Gasteiger partial charge >= 0.3 is 0 Å². The van der Waals surface area contributed by atoms with E-state index >= 15 is 0 Å². The van der Waals surface area contributed by atoms with Crippen molar-refractivity contribution >= 4 is 23.2 Å². The minimum absolute atomic E-state index is 0.0894. The number of anilines is 2. The Hall–Kier alpha value is -3.60. The first-order chi connectivity index (χ1) is 15.1. The van der Waals surface area contributed by atoms with Gasteiger partial charge in [-0.1, -0.05) is 54.6 Å². The summed E-state index contributed by atoms with van der Waals surface area (Å²) in [5, 5.41) is 2.95. The number of ether oxygens (including phenoxy) is 1. The van der Waals surface area contributed by atoms with Gasteiger partial charge in [0.2, 0.25) is 11.8 Å². The van der Waals surface area contributed by atoms with E-state index in [1.165, 1.54) is 0 Å². The topological polar surface area (TPSA) is 58.6 Å². The van der Waals surface area contributed by atoms with Crippen LogP contribution in [0.1, 0.15) is 24.8 Å². The highest BCUT2D eigenvalue weighted by molar-refractivity contribution is 5.98. The molecule has 158 valence electrons. The van der Waals surface area contributed by atoms with Crippen molar-refractivity contribution < 1.29 is 14.3 Å². The number of piperidine rings is 1. The van der Waals surface area contributed by atoms with Gasteiger partial charge < -0.3 is 15.0 Å². The van der Waals surface area contributed by atoms with Crippen LogP contribution >= 0.6 is 0 Å². The van der Waals surface area contributed by atoms with Gasteiger partial charge in [0, 0.05) is 18.7 Å². The molecule has 1 aliphatic heterocycles. The summed E-state index contributed by atoms with van der Waals surface area (Å²) in [6.45, 7) is 0.667. The van der Waals surface area contributed by atoms with Crippen LogP contribution in [0.5, 0.6) is 5.75 Å². The molecule has 3 aromatic carbocycles. The second kappa shape index (κ2) is 9.47. The third-order valence-electron chi connectivity index (χ3n) is 5.50. The zero-order valence-electron chi connectivity index (χ0n) is 17.6. The van der Waals surface area contributed by atoms with E-state index in [1.54, 1.807) is 24.1 Å². The van der Waals surface area contributed by atoms with Gasteiger partial charge in [-0.15, -0.1) is 0 Å². The molecule has 31 heavy (non-hydrogen) atoms. The van der Waals surface area contributed by atoms with E-state index < -0.39 is 0 Å². The first-order valence-electron chi connectivity index (χ1n) is 10.6. The number of carbonyl (C=O) groups is 2. The third-order valence-corrected chi connectivity index (χ3v) is 5.50. The number of carbonyl (C=O) groups excluding carboxylic acids is 2. The molecule has 0 unspecified atom stereocenters. The molecule has 0 saturated carbocycles. The molecule has 0 aromatic heterocycles. The number of methoxy groups -OCH3 is 1. The van der Waals surface area contributed by atoms with E-state index in [-0.39, 0.29) is 18.2 Å². The average molecular weight is 415 g/mol. The molecule has 0 radical (unpaired) electrons. The van der Waals surface area contributed by atoms with E-state index in [4.69, 9.17) is 4.74 Å². The predicted molar refractivity (Wildman–Crippen MR) is 123 cm³/mol. The molecule has 3 aromatic rings. The quantitative estimate of drug-likeness (QED) is 0.613. The summed E-state index contributed by atoms with van der Waals surface area (Å²) in [6, 6.07) is 23.6. The Morgan fingerprint density at radius 2 is 1.71 bits per heavy atom. The second-order valence-corrected chi connectivity index (χ2v) is 7.68. The number of benzene rings is 3. The molecule has 1 heterocycles. The Labute approximate surface area is 182 Å². The second-order valence-electron chi connectivity index (χ2n) is 7.68.